The number of β-lactam (4-membered cyclic amide) rings is 1. The van der Waals surface area contributed by atoms with E-state index in [-0.39, 0.29) is 35.7 Å². The molecule has 0 bridgehead atoms. The number of rotatable bonds is 12. The highest BCUT2D eigenvalue weighted by Crippen LogP contribution is 2.36. The summed E-state index contributed by atoms with van der Waals surface area (Å²) in [6, 6.07) is 3.63. The fraction of sp³-hybridized carbons (Fsp3) is 0.500. The van der Waals surface area contributed by atoms with Gasteiger partial charge in [-0.1, -0.05) is 5.16 Å². The van der Waals surface area contributed by atoms with Crippen molar-refractivity contribution in [2.24, 2.45) is 10.9 Å². The zero-order valence-electron chi connectivity index (χ0n) is 26.5. The first-order valence-electron chi connectivity index (χ1n) is 14.8. The number of hydrogen-bond donors (Lipinski definition) is 8. The number of oxime groups is 1. The van der Waals surface area contributed by atoms with Crippen LogP contribution in [0.3, 0.4) is 0 Å². The Balaban J connectivity index is 1.32. The summed E-state index contributed by atoms with van der Waals surface area (Å²) in [6.45, 7) is 3.81. The highest BCUT2D eigenvalue weighted by molar-refractivity contribution is 7.80. The zero-order chi connectivity index (χ0) is 36.1. The van der Waals surface area contributed by atoms with Crippen LogP contribution in [0.25, 0.3) is 0 Å². The lowest BCUT2D eigenvalue weighted by molar-refractivity contribution is -0.218. The Bertz CT molecular complexity index is 1830. The number of benzene rings is 1. The minimum atomic E-state index is -5.04. The average Bonchev–Trinajstić information content (AvgIpc) is 3.45. The van der Waals surface area contributed by atoms with E-state index < -0.39 is 62.7 Å². The lowest BCUT2D eigenvalue weighted by Gasteiger charge is -2.50. The van der Waals surface area contributed by atoms with E-state index in [1.165, 1.54) is 26.2 Å². The number of aliphatic carboxylic acids is 1. The van der Waals surface area contributed by atoms with Crippen LogP contribution in [0.4, 0.5) is 5.13 Å². The first-order valence-corrected chi connectivity index (χ1v) is 17.1. The number of aryl methyl sites for hydroxylation is 1. The van der Waals surface area contributed by atoms with Crippen molar-refractivity contribution in [1.82, 2.24) is 20.7 Å². The van der Waals surface area contributed by atoms with E-state index in [1.807, 2.05) is 0 Å². The minimum Gasteiger partial charge on any atom is -0.485 e. The number of thiazole rings is 1. The van der Waals surface area contributed by atoms with E-state index in [2.05, 4.69) is 25.1 Å². The van der Waals surface area contributed by atoms with Gasteiger partial charge in [0.15, 0.2) is 16.9 Å². The molecule has 0 radical (unpaired) electrons. The Kier molecular flexibility index (Phi) is 9.38. The maximum atomic E-state index is 13.4. The number of aromatic nitrogens is 1. The van der Waals surface area contributed by atoms with E-state index in [0.717, 1.165) is 16.9 Å². The summed E-state index contributed by atoms with van der Waals surface area (Å²) in [7, 11) is -5.04. The lowest BCUT2D eigenvalue weighted by Crippen LogP contribution is -2.76. The first-order chi connectivity index (χ1) is 22.8. The zero-order valence-corrected chi connectivity index (χ0v) is 28.1. The Morgan fingerprint density at radius 3 is 2.57 bits per heavy atom. The van der Waals surface area contributed by atoms with Gasteiger partial charge in [-0.2, -0.15) is 13.5 Å². The van der Waals surface area contributed by atoms with Crippen LogP contribution in [-0.2, 0) is 40.3 Å². The maximum Gasteiger partial charge on any atom is 0.418 e. The molecule has 1 aliphatic carbocycles. The molecule has 2 aromatic rings. The number of aliphatic hydroxyl groups is 1. The molecule has 3 heterocycles. The molecule has 49 heavy (non-hydrogen) atoms. The predicted molar refractivity (Wildman–Crippen MR) is 172 cm³/mol. The monoisotopic (exact) mass is 724 g/mol. The van der Waals surface area contributed by atoms with Crippen LogP contribution in [0.2, 0.25) is 0 Å². The van der Waals surface area contributed by atoms with E-state index in [9.17, 15) is 33.0 Å². The largest absolute Gasteiger partial charge is 0.485 e. The number of carboxylic acid groups (broad SMARTS) is 1. The second kappa shape index (κ2) is 12.8. The number of hydroxylamine groups is 2. The van der Waals surface area contributed by atoms with Gasteiger partial charge in [0.1, 0.15) is 23.3 Å². The molecule has 3 unspecified atom stereocenters. The second-order valence-corrected chi connectivity index (χ2v) is 14.7. The number of anilines is 1. The van der Waals surface area contributed by atoms with E-state index in [1.54, 1.807) is 18.2 Å². The molecule has 19 nitrogen and oxygen atoms in total. The van der Waals surface area contributed by atoms with Crippen LogP contribution in [0.1, 0.15) is 56.9 Å². The van der Waals surface area contributed by atoms with Crippen molar-refractivity contribution in [3.05, 3.63) is 40.4 Å². The van der Waals surface area contributed by atoms with Gasteiger partial charge in [-0.25, -0.2) is 9.78 Å². The van der Waals surface area contributed by atoms with Crippen molar-refractivity contribution < 1.29 is 51.4 Å². The van der Waals surface area contributed by atoms with Crippen LogP contribution in [0.5, 0.6) is 5.75 Å². The number of ether oxygens (including phenoxy) is 1. The third kappa shape index (κ3) is 7.16. The summed E-state index contributed by atoms with van der Waals surface area (Å²) in [6.07, 6.45) is 0.466. The number of nitrogens with zero attached hydrogens (tertiary/aromatic N) is 3. The number of amides is 2. The number of nitrogen functional groups attached to an aromatic ring is 1. The molecule has 3 aliphatic rings. The highest BCUT2D eigenvalue weighted by atomic mass is 32.3. The Labute approximate surface area is 284 Å². The lowest BCUT2D eigenvalue weighted by atomic mass is 9.74. The van der Waals surface area contributed by atoms with Crippen LogP contribution in [0.15, 0.2) is 28.7 Å². The van der Waals surface area contributed by atoms with Gasteiger partial charge in [-0.3, -0.25) is 19.6 Å². The van der Waals surface area contributed by atoms with E-state index in [0.29, 0.717) is 35.6 Å². The fourth-order valence-electron chi connectivity index (χ4n) is 5.77. The van der Waals surface area contributed by atoms with Gasteiger partial charge in [0.2, 0.25) is 0 Å². The molecule has 1 aromatic heterocycles. The van der Waals surface area contributed by atoms with Crippen molar-refractivity contribution in [3.8, 4) is 5.75 Å². The van der Waals surface area contributed by atoms with Gasteiger partial charge in [-0.15, -0.1) is 15.6 Å². The molecule has 0 spiro atoms. The predicted octanol–water partition coefficient (Wildman–Crippen LogP) is -0.710. The number of fused-ring (bicyclic) bond motifs is 1. The quantitative estimate of drug-likeness (QED) is 0.0441. The normalized spacial score (nSPS) is 25.8. The SMILES string of the molecule is CC(ON=C(C(=O)NC1C(=O)N(OS(=O)(=O)O)C1(C)C)c1csc(N)n1)(C(=O)O)C1CCc2cc(C(=N)NC3CC(N)(CO)C3)ccc2O1. The number of amidine groups is 1. The molecule has 2 fully saturated rings. The average molecular weight is 725 g/mol. The van der Waals surface area contributed by atoms with Crippen molar-refractivity contribution in [2.45, 2.75) is 81.3 Å². The second-order valence-electron chi connectivity index (χ2n) is 12.8. The number of nitrogens with one attached hydrogen (secondary N) is 3. The van der Waals surface area contributed by atoms with Crippen molar-refractivity contribution >= 4 is 56.2 Å². The fourth-order valence-corrected chi connectivity index (χ4v) is 6.77. The molecular weight excluding hydrogens is 688 g/mol. The standard InChI is InChI=1S/C28H36N8O11S2/c1-26(2)20(23(39)36(26)47-49(42,43)44)34-22(38)19(16-11-48-25(30)33-16)35-46-27(3,24(40)41)18-7-5-13-8-14(4-6-17(13)45-18)21(29)32-15-9-28(31,10-15)12-37/h4,6,8,11,15,18,20,37H,5,7,9-10,12,31H2,1-3H3,(H2,29,32)(H2,30,33)(H,34,38)(H,40,41)(H,42,43,44). The van der Waals surface area contributed by atoms with Gasteiger partial charge in [0.25, 0.3) is 17.4 Å². The molecule has 1 saturated heterocycles. The molecule has 266 valence electrons. The van der Waals surface area contributed by atoms with Gasteiger partial charge in [0.05, 0.1) is 12.1 Å². The first kappa shape index (κ1) is 35.9. The number of carbonyl (C=O) groups is 3. The van der Waals surface area contributed by atoms with Gasteiger partial charge in [0, 0.05) is 22.5 Å². The molecule has 1 aromatic carbocycles. The van der Waals surface area contributed by atoms with Crippen molar-refractivity contribution in [2.75, 3.05) is 12.3 Å². The number of hydrogen-bond acceptors (Lipinski definition) is 15. The van der Waals surface area contributed by atoms with E-state index >= 15 is 0 Å². The summed E-state index contributed by atoms with van der Waals surface area (Å²) >= 11 is 0.952. The van der Waals surface area contributed by atoms with Gasteiger partial charge < -0.3 is 41.9 Å². The van der Waals surface area contributed by atoms with Crippen molar-refractivity contribution in [3.63, 3.8) is 0 Å². The summed E-state index contributed by atoms with van der Waals surface area (Å²) in [5.74, 6) is -2.97. The summed E-state index contributed by atoms with van der Waals surface area (Å²) in [4.78, 5) is 48.2. The third-order valence-electron chi connectivity index (χ3n) is 8.73. The molecule has 3 atom stereocenters. The van der Waals surface area contributed by atoms with E-state index in [4.69, 9.17) is 31.0 Å². The molecule has 10 N–H and O–H groups in total. The molecule has 1 saturated carbocycles. The Morgan fingerprint density at radius 1 is 1.31 bits per heavy atom. The molecule has 21 heteroatoms. The van der Waals surface area contributed by atoms with Gasteiger partial charge in [-0.05, 0) is 70.2 Å². The summed E-state index contributed by atoms with van der Waals surface area (Å²) in [5, 5.41) is 39.2. The number of aliphatic hydroxyl groups excluding tert-OH is 1. The van der Waals surface area contributed by atoms with Crippen LogP contribution in [-0.4, -0.2) is 104 Å². The smallest absolute Gasteiger partial charge is 0.418 e. The summed E-state index contributed by atoms with van der Waals surface area (Å²) in [5.41, 5.74) is 8.19. The van der Waals surface area contributed by atoms with Crippen LogP contribution in [0, 0.1) is 5.41 Å². The number of nitrogens with two attached hydrogens (primary N) is 2. The number of carboxylic acids is 1. The molecule has 2 aliphatic heterocycles. The van der Waals surface area contributed by atoms with Gasteiger partial charge >= 0.3 is 16.4 Å². The summed E-state index contributed by atoms with van der Waals surface area (Å²) < 4.78 is 41.7. The van der Waals surface area contributed by atoms with Crippen molar-refractivity contribution in [1.29, 1.82) is 5.41 Å². The van der Waals surface area contributed by atoms with Crippen LogP contribution < -0.4 is 26.8 Å². The van der Waals surface area contributed by atoms with Crippen LogP contribution >= 0.6 is 11.3 Å². The minimum absolute atomic E-state index is 0.0440. The molecular formula is C28H36N8O11S2. The topological polar surface area (TPSA) is 302 Å². The Morgan fingerprint density at radius 2 is 2.00 bits per heavy atom. The highest BCUT2D eigenvalue weighted by Gasteiger charge is 2.58. The molecule has 5 rings (SSSR count). The third-order valence-corrected chi connectivity index (χ3v) is 9.74. The Hall–Kier alpha value is -4.41. The maximum absolute atomic E-state index is 13.4. The molecule has 2 amide bonds. The number of carbonyl (C=O) groups excluding carboxylic acids is 2.